The monoisotopic (exact) mass is 329 g/mol. The lowest BCUT2D eigenvalue weighted by Gasteiger charge is -2.31. The number of phenols is 1. The number of piperidine rings is 1. The molecular formula is C20H24FNO2. The first-order chi connectivity index (χ1) is 11.7. The second-order valence-corrected chi connectivity index (χ2v) is 6.46. The molecule has 4 heteroatoms. The van der Waals surface area contributed by atoms with E-state index in [4.69, 9.17) is 4.74 Å². The van der Waals surface area contributed by atoms with Crippen LogP contribution in [0.5, 0.6) is 11.5 Å². The Balaban J connectivity index is 1.36. The topological polar surface area (TPSA) is 32.7 Å². The van der Waals surface area contributed by atoms with Crippen LogP contribution in [0.2, 0.25) is 0 Å². The highest BCUT2D eigenvalue weighted by atomic mass is 19.1. The lowest BCUT2D eigenvalue weighted by molar-refractivity contribution is 0.154. The van der Waals surface area contributed by atoms with Gasteiger partial charge in [0, 0.05) is 12.6 Å². The number of benzene rings is 2. The Hall–Kier alpha value is -2.07. The van der Waals surface area contributed by atoms with Gasteiger partial charge in [0.25, 0.3) is 0 Å². The molecule has 0 aromatic heterocycles. The average molecular weight is 329 g/mol. The summed E-state index contributed by atoms with van der Waals surface area (Å²) in [4.78, 5) is 2.42. The van der Waals surface area contributed by atoms with Crippen LogP contribution in [0, 0.1) is 11.7 Å². The van der Waals surface area contributed by atoms with Crippen molar-refractivity contribution in [3.8, 4) is 11.5 Å². The summed E-state index contributed by atoms with van der Waals surface area (Å²) in [5.74, 6) is 1.45. The van der Waals surface area contributed by atoms with Crippen LogP contribution < -0.4 is 4.74 Å². The van der Waals surface area contributed by atoms with Gasteiger partial charge in [-0.25, -0.2) is 4.39 Å². The maximum atomic E-state index is 12.9. The lowest BCUT2D eigenvalue weighted by atomic mass is 9.90. The van der Waals surface area contributed by atoms with E-state index >= 15 is 0 Å². The second-order valence-electron chi connectivity index (χ2n) is 6.46. The highest BCUT2D eigenvalue weighted by molar-refractivity contribution is 5.31. The quantitative estimate of drug-likeness (QED) is 0.873. The van der Waals surface area contributed by atoms with Crippen molar-refractivity contribution in [3.63, 3.8) is 0 Å². The van der Waals surface area contributed by atoms with E-state index < -0.39 is 0 Å². The Morgan fingerprint density at radius 3 is 2.54 bits per heavy atom. The molecule has 0 aliphatic carbocycles. The van der Waals surface area contributed by atoms with E-state index in [1.54, 1.807) is 30.3 Å². The van der Waals surface area contributed by atoms with Crippen molar-refractivity contribution in [1.82, 2.24) is 4.90 Å². The number of hydrogen-bond donors (Lipinski definition) is 1. The summed E-state index contributed by atoms with van der Waals surface area (Å²) in [5.41, 5.74) is 1.22. The predicted molar refractivity (Wildman–Crippen MR) is 92.9 cm³/mol. The fraction of sp³-hybridized carbons (Fsp3) is 0.400. The minimum Gasteiger partial charge on any atom is -0.508 e. The molecule has 1 N–H and O–H groups in total. The first-order valence-electron chi connectivity index (χ1n) is 8.58. The number of likely N-dealkylation sites (tertiary alicyclic amines) is 1. The van der Waals surface area contributed by atoms with Crippen LogP contribution in [-0.2, 0) is 6.42 Å². The van der Waals surface area contributed by atoms with Gasteiger partial charge in [0.05, 0.1) is 0 Å². The van der Waals surface area contributed by atoms with Gasteiger partial charge in [0.15, 0.2) is 0 Å². The van der Waals surface area contributed by atoms with Crippen LogP contribution in [0.25, 0.3) is 0 Å². The Bertz CT molecular complexity index is 636. The van der Waals surface area contributed by atoms with E-state index in [0.717, 1.165) is 26.1 Å². The molecule has 0 bridgehead atoms. The summed E-state index contributed by atoms with van der Waals surface area (Å²) >= 11 is 0. The summed E-state index contributed by atoms with van der Waals surface area (Å²) in [6, 6.07) is 13.8. The van der Waals surface area contributed by atoms with Crippen molar-refractivity contribution < 1.29 is 14.2 Å². The number of phenolic OH excluding ortho intramolecular Hbond substituents is 1. The summed E-state index contributed by atoms with van der Waals surface area (Å²) in [6.45, 7) is 3.69. The molecule has 1 aliphatic heterocycles. The standard InChI is InChI=1S/C20H24FNO2/c21-18-6-4-16(5-7-18)14-17-8-10-22(11-9-17)12-13-24-20-3-1-2-19(23)15-20/h1-7,15,17,23H,8-14H2. The minimum atomic E-state index is -0.166. The van der Waals surface area contributed by atoms with Crippen molar-refractivity contribution >= 4 is 0 Å². The molecule has 0 spiro atoms. The molecule has 1 aliphatic rings. The number of halogens is 1. The van der Waals surface area contributed by atoms with Crippen molar-refractivity contribution in [1.29, 1.82) is 0 Å². The molecule has 0 radical (unpaired) electrons. The number of rotatable bonds is 6. The number of ether oxygens (including phenoxy) is 1. The SMILES string of the molecule is Oc1cccc(OCCN2CCC(Cc3ccc(F)cc3)CC2)c1. The van der Waals surface area contributed by atoms with Crippen molar-refractivity contribution in [2.24, 2.45) is 5.92 Å². The maximum absolute atomic E-state index is 12.9. The molecule has 24 heavy (non-hydrogen) atoms. The maximum Gasteiger partial charge on any atom is 0.123 e. The zero-order valence-corrected chi connectivity index (χ0v) is 13.8. The molecule has 0 unspecified atom stereocenters. The van der Waals surface area contributed by atoms with E-state index in [-0.39, 0.29) is 11.6 Å². The Labute approximate surface area is 142 Å². The zero-order valence-electron chi connectivity index (χ0n) is 13.8. The largest absolute Gasteiger partial charge is 0.508 e. The van der Waals surface area contributed by atoms with Gasteiger partial charge in [-0.15, -0.1) is 0 Å². The molecule has 2 aromatic carbocycles. The third-order valence-corrected chi connectivity index (χ3v) is 4.64. The van der Waals surface area contributed by atoms with E-state index in [2.05, 4.69) is 4.90 Å². The molecule has 1 saturated heterocycles. The number of hydrogen-bond acceptors (Lipinski definition) is 3. The van der Waals surface area contributed by atoms with E-state index in [9.17, 15) is 9.50 Å². The molecule has 3 rings (SSSR count). The van der Waals surface area contributed by atoms with Gasteiger partial charge in [0.1, 0.15) is 23.9 Å². The predicted octanol–water partition coefficient (Wildman–Crippen LogP) is 3.86. The van der Waals surface area contributed by atoms with Gasteiger partial charge in [-0.2, -0.15) is 0 Å². The fourth-order valence-electron chi connectivity index (χ4n) is 3.23. The van der Waals surface area contributed by atoms with Crippen molar-refractivity contribution in [2.75, 3.05) is 26.2 Å². The van der Waals surface area contributed by atoms with Crippen LogP contribution in [0.15, 0.2) is 48.5 Å². The van der Waals surface area contributed by atoms with Gasteiger partial charge in [-0.3, -0.25) is 4.90 Å². The molecule has 0 atom stereocenters. The van der Waals surface area contributed by atoms with Crippen LogP contribution in [0.4, 0.5) is 4.39 Å². The smallest absolute Gasteiger partial charge is 0.123 e. The molecule has 2 aromatic rings. The summed E-state index contributed by atoms with van der Waals surface area (Å²) in [7, 11) is 0. The zero-order chi connectivity index (χ0) is 16.8. The van der Waals surface area contributed by atoms with E-state index in [0.29, 0.717) is 18.3 Å². The van der Waals surface area contributed by atoms with Gasteiger partial charge >= 0.3 is 0 Å². The number of aromatic hydroxyl groups is 1. The summed E-state index contributed by atoms with van der Waals surface area (Å²) in [5, 5.41) is 9.42. The average Bonchev–Trinajstić information content (AvgIpc) is 2.59. The Kier molecular flexibility index (Phi) is 5.70. The van der Waals surface area contributed by atoms with Crippen LogP contribution >= 0.6 is 0 Å². The summed E-state index contributed by atoms with van der Waals surface area (Å²) < 4.78 is 18.6. The van der Waals surface area contributed by atoms with E-state index in [1.807, 2.05) is 18.2 Å². The van der Waals surface area contributed by atoms with Crippen LogP contribution in [0.1, 0.15) is 18.4 Å². The minimum absolute atomic E-state index is 0.166. The lowest BCUT2D eigenvalue weighted by Crippen LogP contribution is -2.37. The molecule has 3 nitrogen and oxygen atoms in total. The molecule has 128 valence electrons. The summed E-state index contributed by atoms with van der Waals surface area (Å²) in [6.07, 6.45) is 3.38. The highest BCUT2D eigenvalue weighted by Crippen LogP contribution is 2.22. The molecule has 0 amide bonds. The second kappa shape index (κ2) is 8.15. The normalized spacial score (nSPS) is 16.2. The number of nitrogens with zero attached hydrogens (tertiary/aromatic N) is 1. The first-order valence-corrected chi connectivity index (χ1v) is 8.58. The Morgan fingerprint density at radius 2 is 1.83 bits per heavy atom. The van der Waals surface area contributed by atoms with Crippen molar-refractivity contribution in [3.05, 3.63) is 59.9 Å². The van der Waals surface area contributed by atoms with Gasteiger partial charge in [-0.1, -0.05) is 18.2 Å². The molecular weight excluding hydrogens is 305 g/mol. The third kappa shape index (κ3) is 4.96. The van der Waals surface area contributed by atoms with Gasteiger partial charge in [0.2, 0.25) is 0 Å². The highest BCUT2D eigenvalue weighted by Gasteiger charge is 2.19. The molecule has 1 fully saturated rings. The van der Waals surface area contributed by atoms with E-state index in [1.165, 1.54) is 18.4 Å². The van der Waals surface area contributed by atoms with Crippen LogP contribution in [-0.4, -0.2) is 36.2 Å². The van der Waals surface area contributed by atoms with Gasteiger partial charge < -0.3 is 9.84 Å². The fourth-order valence-corrected chi connectivity index (χ4v) is 3.23. The molecule has 0 saturated carbocycles. The Morgan fingerprint density at radius 1 is 1.08 bits per heavy atom. The van der Waals surface area contributed by atoms with Crippen molar-refractivity contribution in [2.45, 2.75) is 19.3 Å². The van der Waals surface area contributed by atoms with Gasteiger partial charge in [-0.05, 0) is 68.1 Å². The first kappa shape index (κ1) is 16.8. The third-order valence-electron chi connectivity index (χ3n) is 4.64. The van der Waals surface area contributed by atoms with Crippen LogP contribution in [0.3, 0.4) is 0 Å². The molecule has 1 heterocycles.